The summed E-state index contributed by atoms with van der Waals surface area (Å²) in [5.41, 5.74) is 1.76. The van der Waals surface area contributed by atoms with Crippen LogP contribution in [0.3, 0.4) is 0 Å². The van der Waals surface area contributed by atoms with Crippen molar-refractivity contribution in [2.24, 2.45) is 0 Å². The largest absolute Gasteiger partial charge is 0.223 e. The molecule has 0 bridgehead atoms. The highest BCUT2D eigenvalue weighted by Gasteiger charge is 1.90. The van der Waals surface area contributed by atoms with Crippen molar-refractivity contribution in [3.8, 4) is 0 Å². The summed E-state index contributed by atoms with van der Waals surface area (Å²) in [4.78, 5) is 3.81. The van der Waals surface area contributed by atoms with Gasteiger partial charge in [0.25, 0.3) is 0 Å². The van der Waals surface area contributed by atoms with Crippen LogP contribution in [-0.4, -0.2) is 14.8 Å². The predicted molar refractivity (Wildman–Crippen MR) is 60.7 cm³/mol. The van der Waals surface area contributed by atoms with Crippen molar-refractivity contribution in [2.45, 2.75) is 20.8 Å². The van der Waals surface area contributed by atoms with Gasteiger partial charge in [0.1, 0.15) is 12.7 Å². The monoisotopic (exact) mass is 191 g/mol. The molecule has 1 rings (SSSR count). The van der Waals surface area contributed by atoms with E-state index < -0.39 is 0 Å². The minimum Gasteiger partial charge on any atom is -0.223 e. The zero-order valence-electron chi connectivity index (χ0n) is 9.07. The van der Waals surface area contributed by atoms with Crippen LogP contribution in [0, 0.1) is 0 Å². The fourth-order valence-corrected chi connectivity index (χ4v) is 0.671. The lowest BCUT2D eigenvalue weighted by Crippen LogP contribution is -1.92. The fraction of sp³-hybridized carbons (Fsp3) is 0.273. The van der Waals surface area contributed by atoms with Crippen molar-refractivity contribution in [1.29, 1.82) is 0 Å². The van der Waals surface area contributed by atoms with Gasteiger partial charge in [-0.2, -0.15) is 5.10 Å². The maximum atomic E-state index is 3.92. The van der Waals surface area contributed by atoms with Crippen LogP contribution in [0.15, 0.2) is 43.5 Å². The Kier molecular flexibility index (Phi) is 6.03. The number of hydrogen-bond acceptors (Lipinski definition) is 2. The molecule has 76 valence electrons. The van der Waals surface area contributed by atoms with Gasteiger partial charge in [-0.3, -0.25) is 0 Å². The van der Waals surface area contributed by atoms with E-state index in [2.05, 4.69) is 23.2 Å². The Labute approximate surface area is 85.5 Å². The zero-order valence-corrected chi connectivity index (χ0v) is 9.07. The average molecular weight is 191 g/mol. The summed E-state index contributed by atoms with van der Waals surface area (Å²) in [6.45, 7) is 13.5. The van der Waals surface area contributed by atoms with Gasteiger partial charge in [-0.25, -0.2) is 9.67 Å². The number of hydrogen-bond donors (Lipinski definition) is 0. The summed E-state index contributed by atoms with van der Waals surface area (Å²) >= 11 is 0. The molecule has 0 aliphatic rings. The first-order chi connectivity index (χ1) is 6.70. The predicted octanol–water partition coefficient (Wildman–Crippen LogP) is 2.91. The standard InChI is InChI=1S/C9H11N3.C2H6/c1-8(2)4-5-9(3)12-7-10-6-11-12;1-2/h4-7H,1,3H2,2H3;1-2H3/b5-4-;. The molecule has 0 aliphatic carbocycles. The number of allylic oxidation sites excluding steroid dienone is 4. The van der Waals surface area contributed by atoms with E-state index in [0.717, 1.165) is 11.3 Å². The van der Waals surface area contributed by atoms with Crippen LogP contribution in [0.25, 0.3) is 5.70 Å². The third-order valence-corrected chi connectivity index (χ3v) is 1.27. The minimum absolute atomic E-state index is 0.774. The summed E-state index contributed by atoms with van der Waals surface area (Å²) < 4.78 is 1.60. The van der Waals surface area contributed by atoms with Gasteiger partial charge in [0.15, 0.2) is 0 Å². The molecule has 0 saturated carbocycles. The summed E-state index contributed by atoms with van der Waals surface area (Å²) in [7, 11) is 0. The first-order valence-electron chi connectivity index (χ1n) is 4.57. The molecule has 3 heteroatoms. The Hall–Kier alpha value is -1.64. The van der Waals surface area contributed by atoms with Gasteiger partial charge in [-0.1, -0.05) is 38.7 Å². The van der Waals surface area contributed by atoms with E-state index in [1.54, 1.807) is 11.0 Å². The van der Waals surface area contributed by atoms with E-state index in [4.69, 9.17) is 0 Å². The molecule has 3 nitrogen and oxygen atoms in total. The third-order valence-electron chi connectivity index (χ3n) is 1.27. The molecule has 1 aromatic heterocycles. The molecule has 0 aliphatic heterocycles. The SMILES string of the molecule is C=C(C)/C=C\C(=C)n1cncn1.CC. The summed E-state index contributed by atoms with van der Waals surface area (Å²) in [5, 5.41) is 3.92. The molecule has 1 heterocycles. The number of aromatic nitrogens is 3. The first kappa shape index (κ1) is 12.4. The van der Waals surface area contributed by atoms with Gasteiger partial charge in [0.2, 0.25) is 0 Å². The fourth-order valence-electron chi connectivity index (χ4n) is 0.671. The molecule has 0 amide bonds. The second kappa shape index (κ2) is 6.83. The summed E-state index contributed by atoms with van der Waals surface area (Å²) in [6, 6.07) is 0. The molecule has 0 N–H and O–H groups in total. The Morgan fingerprint density at radius 1 is 1.29 bits per heavy atom. The highest BCUT2D eigenvalue weighted by molar-refractivity contribution is 5.53. The average Bonchev–Trinajstić information content (AvgIpc) is 2.70. The molecule has 1 aromatic rings. The highest BCUT2D eigenvalue weighted by atomic mass is 15.3. The third kappa shape index (κ3) is 4.40. The highest BCUT2D eigenvalue weighted by Crippen LogP contribution is 2.01. The maximum absolute atomic E-state index is 3.92. The van der Waals surface area contributed by atoms with Crippen LogP contribution in [0.2, 0.25) is 0 Å². The minimum atomic E-state index is 0.774. The van der Waals surface area contributed by atoms with Gasteiger partial charge in [-0.05, 0) is 13.0 Å². The van der Waals surface area contributed by atoms with Gasteiger partial charge in [-0.15, -0.1) is 0 Å². The Balaban J connectivity index is 0.000000791. The van der Waals surface area contributed by atoms with Gasteiger partial charge in [0, 0.05) is 0 Å². The lowest BCUT2D eigenvalue weighted by Gasteiger charge is -1.96. The van der Waals surface area contributed by atoms with Crippen LogP contribution >= 0.6 is 0 Å². The molecule has 0 fully saturated rings. The maximum Gasteiger partial charge on any atom is 0.138 e. The van der Waals surface area contributed by atoms with Gasteiger partial charge >= 0.3 is 0 Å². The van der Waals surface area contributed by atoms with E-state index in [9.17, 15) is 0 Å². The second-order valence-corrected chi connectivity index (χ2v) is 2.51. The summed E-state index contributed by atoms with van der Waals surface area (Å²) in [5.74, 6) is 0. The van der Waals surface area contributed by atoms with Crippen molar-refractivity contribution in [3.05, 3.63) is 43.5 Å². The van der Waals surface area contributed by atoms with Gasteiger partial charge in [0.05, 0.1) is 5.70 Å². The van der Waals surface area contributed by atoms with Crippen molar-refractivity contribution >= 4 is 5.70 Å². The van der Waals surface area contributed by atoms with E-state index >= 15 is 0 Å². The van der Waals surface area contributed by atoms with E-state index in [0.29, 0.717) is 0 Å². The topological polar surface area (TPSA) is 30.7 Å². The first-order valence-corrected chi connectivity index (χ1v) is 4.57. The van der Waals surface area contributed by atoms with E-state index in [1.807, 2.05) is 32.9 Å². The molecule has 0 radical (unpaired) electrons. The molecule has 14 heavy (non-hydrogen) atoms. The molecule has 0 saturated heterocycles. The van der Waals surface area contributed by atoms with Crippen LogP contribution < -0.4 is 0 Å². The number of nitrogens with zero attached hydrogens (tertiary/aromatic N) is 3. The molecule has 0 aromatic carbocycles. The van der Waals surface area contributed by atoms with Crippen LogP contribution in [0.1, 0.15) is 20.8 Å². The van der Waals surface area contributed by atoms with E-state index in [1.165, 1.54) is 6.33 Å². The molecule has 0 atom stereocenters. The van der Waals surface area contributed by atoms with Crippen molar-refractivity contribution in [2.75, 3.05) is 0 Å². The zero-order chi connectivity index (χ0) is 11.0. The van der Waals surface area contributed by atoms with Crippen LogP contribution in [0.5, 0.6) is 0 Å². The lowest BCUT2D eigenvalue weighted by atomic mass is 10.3. The van der Waals surface area contributed by atoms with Crippen molar-refractivity contribution < 1.29 is 0 Å². The number of rotatable bonds is 3. The van der Waals surface area contributed by atoms with Crippen LogP contribution in [0.4, 0.5) is 0 Å². The Morgan fingerprint density at radius 3 is 2.36 bits per heavy atom. The van der Waals surface area contributed by atoms with Crippen molar-refractivity contribution in [1.82, 2.24) is 14.8 Å². The Bertz CT molecular complexity index is 307. The molecule has 0 spiro atoms. The molecular formula is C11H17N3. The van der Waals surface area contributed by atoms with Crippen LogP contribution in [-0.2, 0) is 0 Å². The van der Waals surface area contributed by atoms with E-state index in [-0.39, 0.29) is 0 Å². The quantitative estimate of drug-likeness (QED) is 0.688. The summed E-state index contributed by atoms with van der Waals surface area (Å²) in [6.07, 6.45) is 6.80. The van der Waals surface area contributed by atoms with Gasteiger partial charge < -0.3 is 0 Å². The normalized spacial score (nSPS) is 9.36. The van der Waals surface area contributed by atoms with Crippen molar-refractivity contribution in [3.63, 3.8) is 0 Å². The Morgan fingerprint density at radius 2 is 1.93 bits per heavy atom. The smallest absolute Gasteiger partial charge is 0.138 e. The molecule has 0 unspecified atom stereocenters. The molecular weight excluding hydrogens is 174 g/mol. The second-order valence-electron chi connectivity index (χ2n) is 2.51. The lowest BCUT2D eigenvalue weighted by molar-refractivity contribution is 0.911.